The molecule has 2 fully saturated rings. The Balaban J connectivity index is 1.66. The molecule has 1 aromatic carbocycles. The quantitative estimate of drug-likeness (QED) is 0.809. The van der Waals surface area contributed by atoms with E-state index in [1.807, 2.05) is 18.2 Å². The van der Waals surface area contributed by atoms with Crippen LogP contribution in [0.5, 0.6) is 0 Å². The number of anilines is 2. The van der Waals surface area contributed by atoms with Crippen LogP contribution in [-0.2, 0) is 4.74 Å². The Morgan fingerprint density at radius 2 is 1.83 bits per heavy atom. The lowest BCUT2D eigenvalue weighted by molar-refractivity contribution is 0.123. The molecular formula is C18H26ClN3O2. The molecule has 1 aliphatic carbocycles. The third-order valence-corrected chi connectivity index (χ3v) is 4.98. The highest BCUT2D eigenvalue weighted by atomic mass is 35.5. The highest BCUT2D eigenvalue weighted by Crippen LogP contribution is 2.30. The molecule has 0 spiro atoms. The van der Waals surface area contributed by atoms with Crippen LogP contribution < -0.4 is 15.5 Å². The zero-order chi connectivity index (χ0) is 16.8. The van der Waals surface area contributed by atoms with Crippen molar-refractivity contribution in [1.82, 2.24) is 5.32 Å². The second-order valence-electron chi connectivity index (χ2n) is 6.55. The summed E-state index contributed by atoms with van der Waals surface area (Å²) in [5, 5.41) is 6.74. The first kappa shape index (κ1) is 17.4. The predicted molar refractivity (Wildman–Crippen MR) is 98.1 cm³/mol. The molecule has 24 heavy (non-hydrogen) atoms. The lowest BCUT2D eigenvalue weighted by Crippen LogP contribution is -2.39. The fourth-order valence-electron chi connectivity index (χ4n) is 3.46. The van der Waals surface area contributed by atoms with E-state index in [2.05, 4.69) is 15.5 Å². The molecule has 0 unspecified atom stereocenters. The van der Waals surface area contributed by atoms with Crippen molar-refractivity contribution in [2.24, 2.45) is 0 Å². The number of rotatable bonds is 3. The first-order chi connectivity index (χ1) is 11.7. The van der Waals surface area contributed by atoms with Gasteiger partial charge in [-0.15, -0.1) is 0 Å². The summed E-state index contributed by atoms with van der Waals surface area (Å²) in [6.07, 6.45) is 7.07. The normalized spacial score (nSPS) is 19.6. The van der Waals surface area contributed by atoms with Crippen molar-refractivity contribution in [3.05, 3.63) is 23.2 Å². The van der Waals surface area contributed by atoms with Crippen LogP contribution in [0.15, 0.2) is 18.2 Å². The summed E-state index contributed by atoms with van der Waals surface area (Å²) < 4.78 is 5.41. The number of carbonyl (C=O) groups is 1. The minimum absolute atomic E-state index is 0.140. The number of hydrogen-bond donors (Lipinski definition) is 2. The SMILES string of the molecule is O=C(Nc1cc(Cl)ccc1N1CCOCC1)NC1CCCCCC1. The van der Waals surface area contributed by atoms with Gasteiger partial charge in [0.1, 0.15) is 0 Å². The molecule has 6 heteroatoms. The molecule has 0 aromatic heterocycles. The molecule has 132 valence electrons. The summed E-state index contributed by atoms with van der Waals surface area (Å²) in [5.41, 5.74) is 1.76. The molecule has 1 heterocycles. The highest BCUT2D eigenvalue weighted by Gasteiger charge is 2.18. The van der Waals surface area contributed by atoms with Crippen molar-refractivity contribution in [1.29, 1.82) is 0 Å². The molecule has 3 rings (SSSR count). The number of benzene rings is 1. The van der Waals surface area contributed by atoms with Gasteiger partial charge in [-0.2, -0.15) is 0 Å². The van der Waals surface area contributed by atoms with Crippen LogP contribution in [0.4, 0.5) is 16.2 Å². The lowest BCUT2D eigenvalue weighted by Gasteiger charge is -2.30. The number of hydrogen-bond acceptors (Lipinski definition) is 3. The number of halogens is 1. The second-order valence-corrected chi connectivity index (χ2v) is 6.98. The van der Waals surface area contributed by atoms with Gasteiger partial charge in [0.25, 0.3) is 0 Å². The first-order valence-corrected chi connectivity index (χ1v) is 9.30. The predicted octanol–water partition coefficient (Wildman–Crippen LogP) is 4.02. The van der Waals surface area contributed by atoms with Gasteiger partial charge in [0.05, 0.1) is 24.6 Å². The molecule has 2 N–H and O–H groups in total. The van der Waals surface area contributed by atoms with Crippen LogP contribution in [0.3, 0.4) is 0 Å². The third kappa shape index (κ3) is 4.77. The average Bonchev–Trinajstić information content (AvgIpc) is 2.84. The lowest BCUT2D eigenvalue weighted by atomic mass is 10.1. The Hall–Kier alpha value is -1.46. The first-order valence-electron chi connectivity index (χ1n) is 8.92. The molecule has 1 saturated carbocycles. The topological polar surface area (TPSA) is 53.6 Å². The van der Waals surface area contributed by atoms with Gasteiger partial charge in [-0.25, -0.2) is 4.79 Å². The minimum atomic E-state index is -0.140. The Labute approximate surface area is 148 Å². The molecule has 1 saturated heterocycles. The van der Waals surface area contributed by atoms with Crippen LogP contribution in [0.25, 0.3) is 0 Å². The van der Waals surface area contributed by atoms with Crippen molar-refractivity contribution in [3.8, 4) is 0 Å². The summed E-state index contributed by atoms with van der Waals surface area (Å²) in [6, 6.07) is 5.78. The van der Waals surface area contributed by atoms with E-state index in [-0.39, 0.29) is 12.1 Å². The third-order valence-electron chi connectivity index (χ3n) is 4.75. The van der Waals surface area contributed by atoms with E-state index in [9.17, 15) is 4.79 Å². The van der Waals surface area contributed by atoms with E-state index < -0.39 is 0 Å². The van der Waals surface area contributed by atoms with Gasteiger partial charge in [-0.3, -0.25) is 0 Å². The van der Waals surface area contributed by atoms with Crippen molar-refractivity contribution in [2.45, 2.75) is 44.6 Å². The number of nitrogens with zero attached hydrogens (tertiary/aromatic N) is 1. The molecule has 2 aliphatic rings. The van der Waals surface area contributed by atoms with Gasteiger partial charge in [-0.1, -0.05) is 37.3 Å². The smallest absolute Gasteiger partial charge is 0.319 e. The van der Waals surface area contributed by atoms with Crippen LogP contribution in [-0.4, -0.2) is 38.4 Å². The van der Waals surface area contributed by atoms with Crippen LogP contribution in [0.2, 0.25) is 5.02 Å². The Bertz CT molecular complexity index is 553. The largest absolute Gasteiger partial charge is 0.378 e. The van der Waals surface area contributed by atoms with E-state index in [1.165, 1.54) is 25.7 Å². The maximum absolute atomic E-state index is 12.4. The number of ether oxygens (including phenoxy) is 1. The average molecular weight is 352 g/mol. The fraction of sp³-hybridized carbons (Fsp3) is 0.611. The van der Waals surface area contributed by atoms with E-state index in [0.717, 1.165) is 37.3 Å². The molecule has 0 radical (unpaired) electrons. The van der Waals surface area contributed by atoms with E-state index >= 15 is 0 Å². The number of nitrogens with one attached hydrogen (secondary N) is 2. The van der Waals surface area contributed by atoms with Crippen LogP contribution in [0, 0.1) is 0 Å². The number of amides is 2. The van der Waals surface area contributed by atoms with Crippen LogP contribution >= 0.6 is 11.6 Å². The van der Waals surface area contributed by atoms with Gasteiger partial charge >= 0.3 is 6.03 Å². The minimum Gasteiger partial charge on any atom is -0.378 e. The molecule has 5 nitrogen and oxygen atoms in total. The summed E-state index contributed by atoms with van der Waals surface area (Å²) in [7, 11) is 0. The van der Waals surface area contributed by atoms with Crippen molar-refractivity contribution in [3.63, 3.8) is 0 Å². The van der Waals surface area contributed by atoms with Gasteiger partial charge in [0.15, 0.2) is 0 Å². The Morgan fingerprint density at radius 3 is 2.54 bits per heavy atom. The summed E-state index contributed by atoms with van der Waals surface area (Å²) >= 11 is 6.14. The van der Waals surface area contributed by atoms with Crippen LogP contribution in [0.1, 0.15) is 38.5 Å². The highest BCUT2D eigenvalue weighted by molar-refractivity contribution is 6.31. The molecule has 0 bridgehead atoms. The monoisotopic (exact) mass is 351 g/mol. The van der Waals surface area contributed by atoms with E-state index in [1.54, 1.807) is 0 Å². The van der Waals surface area contributed by atoms with E-state index in [4.69, 9.17) is 16.3 Å². The molecule has 0 atom stereocenters. The molecule has 1 aliphatic heterocycles. The number of carbonyl (C=O) groups excluding carboxylic acids is 1. The molecule has 2 amide bonds. The molecular weight excluding hydrogens is 326 g/mol. The van der Waals surface area contributed by atoms with Gasteiger partial charge < -0.3 is 20.3 Å². The number of urea groups is 1. The second kappa shape index (κ2) is 8.58. The summed E-state index contributed by atoms with van der Waals surface area (Å²) in [5.74, 6) is 0. The maximum atomic E-state index is 12.4. The van der Waals surface area contributed by atoms with Gasteiger partial charge in [0.2, 0.25) is 0 Å². The van der Waals surface area contributed by atoms with Crippen molar-refractivity contribution < 1.29 is 9.53 Å². The molecule has 1 aromatic rings. The maximum Gasteiger partial charge on any atom is 0.319 e. The summed E-state index contributed by atoms with van der Waals surface area (Å²) in [6.45, 7) is 3.05. The standard InChI is InChI=1S/C18H26ClN3O2/c19-14-7-8-17(22-9-11-24-12-10-22)16(13-14)21-18(23)20-15-5-3-1-2-4-6-15/h7-8,13,15H,1-6,9-12H2,(H2,20,21,23). The van der Waals surface area contributed by atoms with E-state index in [0.29, 0.717) is 18.2 Å². The summed E-state index contributed by atoms with van der Waals surface area (Å²) in [4.78, 5) is 14.7. The fourth-order valence-corrected chi connectivity index (χ4v) is 3.63. The van der Waals surface area contributed by atoms with Gasteiger partial charge in [-0.05, 0) is 31.0 Å². The van der Waals surface area contributed by atoms with Crippen molar-refractivity contribution in [2.75, 3.05) is 36.5 Å². The number of morpholine rings is 1. The zero-order valence-electron chi connectivity index (χ0n) is 14.0. The Morgan fingerprint density at radius 1 is 1.12 bits per heavy atom. The van der Waals surface area contributed by atoms with Gasteiger partial charge in [0, 0.05) is 24.2 Å². The zero-order valence-corrected chi connectivity index (χ0v) is 14.8. The van der Waals surface area contributed by atoms with Crippen molar-refractivity contribution >= 4 is 29.0 Å². The Kier molecular flexibility index (Phi) is 6.21.